The van der Waals surface area contributed by atoms with E-state index in [2.05, 4.69) is 4.98 Å². The second-order valence-corrected chi connectivity index (χ2v) is 9.43. The van der Waals surface area contributed by atoms with Gasteiger partial charge < -0.3 is 9.64 Å². The maximum Gasteiger partial charge on any atom is 0.273 e. The van der Waals surface area contributed by atoms with E-state index in [0.717, 1.165) is 40.7 Å². The van der Waals surface area contributed by atoms with Gasteiger partial charge in [-0.2, -0.15) is 11.8 Å². The average molecular weight is 465 g/mol. The number of halogens is 2. The van der Waals surface area contributed by atoms with Crippen molar-refractivity contribution in [2.24, 2.45) is 0 Å². The molecule has 1 saturated heterocycles. The summed E-state index contributed by atoms with van der Waals surface area (Å²) in [6.45, 7) is 1.98. The van der Waals surface area contributed by atoms with E-state index >= 15 is 0 Å². The minimum atomic E-state index is -0.00756. The highest BCUT2D eigenvalue weighted by molar-refractivity contribution is 7.99. The zero-order valence-electron chi connectivity index (χ0n) is 15.4. The molecule has 0 radical (unpaired) electrons. The van der Waals surface area contributed by atoms with E-state index in [1.165, 1.54) is 11.3 Å². The van der Waals surface area contributed by atoms with Crippen molar-refractivity contribution >= 4 is 52.2 Å². The van der Waals surface area contributed by atoms with Crippen molar-refractivity contribution in [3.8, 4) is 16.3 Å². The number of amides is 1. The first-order chi connectivity index (χ1) is 14.1. The summed E-state index contributed by atoms with van der Waals surface area (Å²) in [5, 5.41) is 3.78. The predicted molar refractivity (Wildman–Crippen MR) is 122 cm³/mol. The number of ether oxygens (including phenoxy) is 1. The third kappa shape index (κ3) is 5.07. The largest absolute Gasteiger partial charge is 0.489 e. The highest BCUT2D eigenvalue weighted by Crippen LogP contribution is 2.33. The summed E-state index contributed by atoms with van der Waals surface area (Å²) in [5.74, 6) is 2.62. The first-order valence-corrected chi connectivity index (χ1v) is 11.9. The molecular formula is C21H18Cl2N2O2S2. The summed E-state index contributed by atoms with van der Waals surface area (Å²) in [7, 11) is 0. The Kier molecular flexibility index (Phi) is 6.65. The van der Waals surface area contributed by atoms with Crippen LogP contribution in [0.3, 0.4) is 0 Å². The number of aromatic nitrogens is 1. The zero-order valence-corrected chi connectivity index (χ0v) is 18.6. The van der Waals surface area contributed by atoms with Gasteiger partial charge in [0, 0.05) is 40.6 Å². The number of hydrogen-bond donors (Lipinski definition) is 0. The molecule has 0 aliphatic carbocycles. The van der Waals surface area contributed by atoms with Crippen molar-refractivity contribution in [2.45, 2.75) is 6.61 Å². The minimum absolute atomic E-state index is 0.00756. The van der Waals surface area contributed by atoms with Gasteiger partial charge in [-0.3, -0.25) is 4.79 Å². The van der Waals surface area contributed by atoms with Crippen molar-refractivity contribution in [3.05, 3.63) is 69.1 Å². The van der Waals surface area contributed by atoms with E-state index in [1.54, 1.807) is 11.4 Å². The lowest BCUT2D eigenvalue weighted by atomic mass is 10.2. The Labute approximate surface area is 187 Å². The molecule has 150 valence electrons. The summed E-state index contributed by atoms with van der Waals surface area (Å²) in [5.41, 5.74) is 2.30. The molecule has 0 spiro atoms. The van der Waals surface area contributed by atoms with Crippen LogP contribution in [0.5, 0.6) is 5.75 Å². The average Bonchev–Trinajstić information content (AvgIpc) is 3.23. The highest BCUT2D eigenvalue weighted by atomic mass is 35.5. The van der Waals surface area contributed by atoms with Crippen LogP contribution in [0.4, 0.5) is 0 Å². The molecule has 1 amide bonds. The molecule has 3 aromatic rings. The number of rotatable bonds is 5. The lowest BCUT2D eigenvalue weighted by molar-refractivity contribution is 0.0767. The van der Waals surface area contributed by atoms with Gasteiger partial charge in [-0.1, -0.05) is 35.3 Å². The maximum atomic E-state index is 12.6. The molecular weight excluding hydrogens is 447 g/mol. The molecule has 2 heterocycles. The SMILES string of the molecule is O=C(c1csc(-c2ccc(OCc3ccc(Cl)cc3)cc2Cl)n1)N1CCSCC1. The fourth-order valence-corrected chi connectivity index (χ4v) is 5.11. The predicted octanol–water partition coefficient (Wildman–Crippen LogP) is 5.88. The van der Waals surface area contributed by atoms with Gasteiger partial charge in [0.25, 0.3) is 5.91 Å². The van der Waals surface area contributed by atoms with Crippen molar-refractivity contribution in [3.63, 3.8) is 0 Å². The van der Waals surface area contributed by atoms with E-state index in [1.807, 2.05) is 53.1 Å². The molecule has 29 heavy (non-hydrogen) atoms. The number of hydrogen-bond acceptors (Lipinski definition) is 5. The van der Waals surface area contributed by atoms with Crippen molar-refractivity contribution in [1.82, 2.24) is 9.88 Å². The summed E-state index contributed by atoms with van der Waals surface area (Å²) < 4.78 is 5.82. The van der Waals surface area contributed by atoms with Crippen molar-refractivity contribution < 1.29 is 9.53 Å². The van der Waals surface area contributed by atoms with Crippen molar-refractivity contribution in [2.75, 3.05) is 24.6 Å². The Morgan fingerprint density at radius 3 is 2.59 bits per heavy atom. The quantitative estimate of drug-likeness (QED) is 0.472. The van der Waals surface area contributed by atoms with Crippen LogP contribution >= 0.6 is 46.3 Å². The number of thioether (sulfide) groups is 1. The number of thiazole rings is 1. The van der Waals surface area contributed by atoms with Crippen LogP contribution in [0.15, 0.2) is 47.8 Å². The third-order valence-electron chi connectivity index (χ3n) is 4.51. The monoisotopic (exact) mass is 464 g/mol. The number of nitrogens with zero attached hydrogens (tertiary/aromatic N) is 2. The van der Waals surface area contributed by atoms with E-state index in [0.29, 0.717) is 28.1 Å². The lowest BCUT2D eigenvalue weighted by Crippen LogP contribution is -2.38. The van der Waals surface area contributed by atoms with Crippen molar-refractivity contribution in [1.29, 1.82) is 0 Å². The molecule has 4 nitrogen and oxygen atoms in total. The molecule has 0 N–H and O–H groups in total. The van der Waals surface area contributed by atoms with Crippen LogP contribution in [0, 0.1) is 0 Å². The second kappa shape index (κ2) is 9.39. The Hall–Kier alpha value is -1.73. The summed E-state index contributed by atoms with van der Waals surface area (Å²) >= 11 is 15.7. The molecule has 0 bridgehead atoms. The van der Waals surface area contributed by atoms with Gasteiger partial charge in [0.05, 0.1) is 5.02 Å². The van der Waals surface area contributed by atoms with Crippen LogP contribution in [0.1, 0.15) is 16.1 Å². The number of carbonyl (C=O) groups excluding carboxylic acids is 1. The van der Waals surface area contributed by atoms with E-state index in [4.69, 9.17) is 27.9 Å². The number of benzene rings is 2. The van der Waals surface area contributed by atoms with Crippen LogP contribution in [-0.4, -0.2) is 40.4 Å². The smallest absolute Gasteiger partial charge is 0.273 e. The number of carbonyl (C=O) groups is 1. The maximum absolute atomic E-state index is 12.6. The van der Waals surface area contributed by atoms with E-state index in [-0.39, 0.29) is 5.91 Å². The highest BCUT2D eigenvalue weighted by Gasteiger charge is 2.21. The first-order valence-electron chi connectivity index (χ1n) is 9.10. The molecule has 1 aliphatic heterocycles. The molecule has 8 heteroatoms. The van der Waals surface area contributed by atoms with Gasteiger partial charge in [-0.15, -0.1) is 11.3 Å². The molecule has 2 aromatic carbocycles. The summed E-state index contributed by atoms with van der Waals surface area (Å²) in [4.78, 5) is 19.0. The van der Waals surface area contributed by atoms with Gasteiger partial charge in [0.15, 0.2) is 0 Å². The molecule has 1 aromatic heterocycles. The molecule has 0 saturated carbocycles. The Bertz CT molecular complexity index is 1000. The van der Waals surface area contributed by atoms with Crippen LogP contribution in [0.2, 0.25) is 10.0 Å². The van der Waals surface area contributed by atoms with Gasteiger partial charge in [-0.25, -0.2) is 4.98 Å². The topological polar surface area (TPSA) is 42.4 Å². The lowest BCUT2D eigenvalue weighted by Gasteiger charge is -2.25. The Morgan fingerprint density at radius 2 is 1.86 bits per heavy atom. The van der Waals surface area contributed by atoms with Crippen LogP contribution < -0.4 is 4.74 Å². The minimum Gasteiger partial charge on any atom is -0.489 e. The molecule has 1 aliphatic rings. The molecule has 0 atom stereocenters. The van der Waals surface area contributed by atoms with Crippen LogP contribution in [0.25, 0.3) is 10.6 Å². The van der Waals surface area contributed by atoms with E-state index < -0.39 is 0 Å². The fourth-order valence-electron chi connectivity index (χ4n) is 2.93. The van der Waals surface area contributed by atoms with Gasteiger partial charge in [0.2, 0.25) is 0 Å². The molecule has 4 rings (SSSR count). The summed E-state index contributed by atoms with van der Waals surface area (Å²) in [6.07, 6.45) is 0. The first kappa shape index (κ1) is 20.5. The van der Waals surface area contributed by atoms with E-state index in [9.17, 15) is 4.79 Å². The molecule has 0 unspecified atom stereocenters. The third-order valence-corrected chi connectivity index (χ3v) is 6.89. The Balaban J connectivity index is 1.44. The fraction of sp³-hybridized carbons (Fsp3) is 0.238. The zero-order chi connectivity index (χ0) is 20.2. The Morgan fingerprint density at radius 1 is 1.10 bits per heavy atom. The van der Waals surface area contributed by atoms with Gasteiger partial charge in [0.1, 0.15) is 23.1 Å². The van der Waals surface area contributed by atoms with Crippen LogP contribution in [-0.2, 0) is 6.61 Å². The second-order valence-electron chi connectivity index (χ2n) is 6.50. The standard InChI is InChI=1S/C21H18Cl2N2O2S2/c22-15-3-1-14(2-4-15)12-27-16-5-6-17(18(23)11-16)20-24-19(13-29-20)21(26)25-7-9-28-10-8-25/h1-6,11,13H,7-10,12H2. The molecule has 1 fully saturated rings. The van der Waals surface area contributed by atoms with Gasteiger partial charge in [-0.05, 0) is 35.9 Å². The van der Waals surface area contributed by atoms with Gasteiger partial charge >= 0.3 is 0 Å². The summed E-state index contributed by atoms with van der Waals surface area (Å²) in [6, 6.07) is 13.0. The normalized spacial score (nSPS) is 14.1.